The summed E-state index contributed by atoms with van der Waals surface area (Å²) in [6.07, 6.45) is 0. The number of thioether (sulfide) groups is 1. The largest absolute Gasteiger partial charge is 0.457 e. The molecule has 0 atom stereocenters. The van der Waals surface area contributed by atoms with Crippen LogP contribution in [-0.4, -0.2) is 36.6 Å². The minimum absolute atomic E-state index is 0.0336. The van der Waals surface area contributed by atoms with Gasteiger partial charge < -0.3 is 15.8 Å². The van der Waals surface area contributed by atoms with Crippen molar-refractivity contribution < 1.29 is 13.9 Å². The number of anilines is 3. The van der Waals surface area contributed by atoms with E-state index in [2.05, 4.69) is 30.2 Å². The van der Waals surface area contributed by atoms with Gasteiger partial charge >= 0.3 is 5.97 Å². The summed E-state index contributed by atoms with van der Waals surface area (Å²) in [5, 5.41) is 3.40. The second-order valence-electron chi connectivity index (χ2n) is 5.95. The smallest absolute Gasteiger partial charge is 0.316 e. The predicted molar refractivity (Wildman–Crippen MR) is 106 cm³/mol. The average Bonchev–Trinajstić information content (AvgIpc) is 2.65. The van der Waals surface area contributed by atoms with Crippen LogP contribution < -0.4 is 11.1 Å². The minimum Gasteiger partial charge on any atom is -0.457 e. The maximum Gasteiger partial charge on any atom is 0.316 e. The molecular weight excluding hydrogens is 397 g/mol. The number of halogens is 1. The van der Waals surface area contributed by atoms with Crippen LogP contribution in [0.25, 0.3) is 0 Å². The SMILES string of the molecule is Cc1cc(C)nc(SCC(=O)OCc2nc(N)nc(Nc3ccc(F)cc3)n2)n1. The normalized spacial score (nSPS) is 10.6. The highest BCUT2D eigenvalue weighted by molar-refractivity contribution is 7.99. The number of hydrogen-bond donors (Lipinski definition) is 2. The first-order chi connectivity index (χ1) is 13.9. The Kier molecular flexibility index (Phi) is 6.50. The zero-order valence-corrected chi connectivity index (χ0v) is 16.5. The van der Waals surface area contributed by atoms with Gasteiger partial charge in [-0.25, -0.2) is 14.4 Å². The number of aromatic nitrogens is 5. The monoisotopic (exact) mass is 415 g/mol. The fourth-order valence-corrected chi connectivity index (χ4v) is 3.04. The summed E-state index contributed by atoms with van der Waals surface area (Å²) in [5.41, 5.74) is 7.91. The third-order valence-corrected chi connectivity index (χ3v) is 4.26. The number of esters is 1. The van der Waals surface area contributed by atoms with Gasteiger partial charge in [-0.3, -0.25) is 4.79 Å². The van der Waals surface area contributed by atoms with Gasteiger partial charge in [0.2, 0.25) is 11.9 Å². The summed E-state index contributed by atoms with van der Waals surface area (Å²) < 4.78 is 18.2. The van der Waals surface area contributed by atoms with E-state index in [0.29, 0.717) is 10.8 Å². The topological polar surface area (TPSA) is 129 Å². The molecule has 0 spiro atoms. The Balaban J connectivity index is 1.56. The Morgan fingerprint density at radius 3 is 2.48 bits per heavy atom. The highest BCUT2D eigenvalue weighted by Gasteiger charge is 2.11. The fourth-order valence-electron chi connectivity index (χ4n) is 2.29. The number of ether oxygens (including phenoxy) is 1. The standard InChI is InChI=1S/C18H18FN7O2S/c1-10-7-11(2)22-18(21-10)29-9-15(27)28-8-14-24-16(20)26-17(25-14)23-13-5-3-12(19)4-6-13/h3-7H,8-9H2,1-2H3,(H3,20,23,24,25,26). The number of nitrogens with zero attached hydrogens (tertiary/aromatic N) is 5. The number of aryl methyl sites for hydroxylation is 2. The van der Waals surface area contributed by atoms with Crippen molar-refractivity contribution in [3.05, 3.63) is 53.4 Å². The quantitative estimate of drug-likeness (QED) is 0.337. The lowest BCUT2D eigenvalue weighted by atomic mass is 10.3. The zero-order chi connectivity index (χ0) is 20.8. The van der Waals surface area contributed by atoms with E-state index in [4.69, 9.17) is 10.5 Å². The van der Waals surface area contributed by atoms with E-state index in [1.807, 2.05) is 19.9 Å². The molecule has 0 saturated heterocycles. The molecule has 0 fully saturated rings. The third kappa shape index (κ3) is 6.35. The lowest BCUT2D eigenvalue weighted by Crippen LogP contribution is -2.12. The molecule has 0 aliphatic carbocycles. The zero-order valence-electron chi connectivity index (χ0n) is 15.7. The van der Waals surface area contributed by atoms with Crippen LogP contribution in [0, 0.1) is 19.7 Å². The Hall–Kier alpha value is -3.34. The Morgan fingerprint density at radius 1 is 1.10 bits per heavy atom. The van der Waals surface area contributed by atoms with E-state index in [9.17, 15) is 9.18 Å². The van der Waals surface area contributed by atoms with Gasteiger partial charge in [-0.1, -0.05) is 11.8 Å². The van der Waals surface area contributed by atoms with E-state index in [1.54, 1.807) is 0 Å². The molecule has 29 heavy (non-hydrogen) atoms. The highest BCUT2D eigenvalue weighted by Crippen LogP contribution is 2.16. The van der Waals surface area contributed by atoms with Crippen molar-refractivity contribution in [2.24, 2.45) is 0 Å². The van der Waals surface area contributed by atoms with Crippen LogP contribution >= 0.6 is 11.8 Å². The summed E-state index contributed by atoms with van der Waals surface area (Å²) in [5.74, 6) is -0.471. The second-order valence-corrected chi connectivity index (χ2v) is 6.89. The van der Waals surface area contributed by atoms with Crippen LogP contribution in [0.3, 0.4) is 0 Å². The van der Waals surface area contributed by atoms with Crippen molar-refractivity contribution in [2.45, 2.75) is 25.6 Å². The predicted octanol–water partition coefficient (Wildman–Crippen LogP) is 2.58. The van der Waals surface area contributed by atoms with Crippen molar-refractivity contribution in [1.29, 1.82) is 0 Å². The van der Waals surface area contributed by atoms with Gasteiger partial charge in [0.1, 0.15) is 5.82 Å². The van der Waals surface area contributed by atoms with Crippen LogP contribution in [0.5, 0.6) is 0 Å². The van der Waals surface area contributed by atoms with E-state index in [1.165, 1.54) is 36.0 Å². The van der Waals surface area contributed by atoms with Crippen LogP contribution in [0.2, 0.25) is 0 Å². The van der Waals surface area contributed by atoms with Gasteiger partial charge in [-0.05, 0) is 44.2 Å². The van der Waals surface area contributed by atoms with Gasteiger partial charge in [0.05, 0.1) is 5.75 Å². The van der Waals surface area contributed by atoms with Gasteiger partial charge in [-0.15, -0.1) is 0 Å². The Bertz CT molecular complexity index is 997. The minimum atomic E-state index is -0.468. The molecule has 3 N–H and O–H groups in total. The summed E-state index contributed by atoms with van der Waals surface area (Å²) in [7, 11) is 0. The van der Waals surface area contributed by atoms with Crippen LogP contribution in [-0.2, 0) is 16.1 Å². The van der Waals surface area contributed by atoms with Crippen LogP contribution in [0.1, 0.15) is 17.2 Å². The van der Waals surface area contributed by atoms with E-state index in [-0.39, 0.29) is 35.9 Å². The van der Waals surface area contributed by atoms with Crippen molar-refractivity contribution in [1.82, 2.24) is 24.9 Å². The van der Waals surface area contributed by atoms with Crippen LogP contribution in [0.15, 0.2) is 35.5 Å². The number of hydrogen-bond acceptors (Lipinski definition) is 10. The van der Waals surface area contributed by atoms with E-state index >= 15 is 0 Å². The molecule has 150 valence electrons. The summed E-state index contributed by atoms with van der Waals surface area (Å²) >= 11 is 1.18. The maximum atomic E-state index is 13.0. The molecule has 0 radical (unpaired) electrons. The van der Waals surface area contributed by atoms with Crippen molar-refractivity contribution in [3.63, 3.8) is 0 Å². The highest BCUT2D eigenvalue weighted by atomic mass is 32.2. The second kappa shape index (κ2) is 9.24. The molecule has 0 amide bonds. The molecule has 2 aromatic heterocycles. The molecule has 0 aliphatic heterocycles. The molecule has 0 saturated carbocycles. The van der Waals surface area contributed by atoms with Gasteiger partial charge in [0, 0.05) is 17.1 Å². The molecule has 3 aromatic rings. The number of nitrogens with two attached hydrogens (primary N) is 1. The first-order valence-electron chi connectivity index (χ1n) is 8.51. The molecule has 11 heteroatoms. The first-order valence-corrected chi connectivity index (χ1v) is 9.49. The lowest BCUT2D eigenvalue weighted by Gasteiger charge is -2.08. The molecule has 0 bridgehead atoms. The number of nitrogen functional groups attached to an aromatic ring is 1. The molecule has 1 aromatic carbocycles. The first kappa shape index (κ1) is 20.4. The Morgan fingerprint density at radius 2 is 1.79 bits per heavy atom. The van der Waals surface area contributed by atoms with Crippen molar-refractivity contribution >= 4 is 35.3 Å². The number of rotatable bonds is 7. The third-order valence-electron chi connectivity index (χ3n) is 3.44. The van der Waals surface area contributed by atoms with Gasteiger partial charge in [0.25, 0.3) is 0 Å². The molecule has 0 aliphatic rings. The fraction of sp³-hybridized carbons (Fsp3) is 0.222. The molecule has 2 heterocycles. The lowest BCUT2D eigenvalue weighted by molar-refractivity contribution is -0.141. The molecule has 3 rings (SSSR count). The number of carbonyl (C=O) groups is 1. The summed E-state index contributed by atoms with van der Waals surface area (Å²) in [6, 6.07) is 7.51. The molecule has 0 unspecified atom stereocenters. The van der Waals surface area contributed by atoms with E-state index < -0.39 is 5.97 Å². The average molecular weight is 415 g/mol. The number of benzene rings is 1. The summed E-state index contributed by atoms with van der Waals surface area (Å²) in [6.45, 7) is 3.55. The molecular formula is C18H18FN7O2S. The number of nitrogens with one attached hydrogen (secondary N) is 1. The summed E-state index contributed by atoms with van der Waals surface area (Å²) in [4.78, 5) is 32.6. The Labute approximate surface area is 170 Å². The van der Waals surface area contributed by atoms with Crippen LogP contribution in [0.4, 0.5) is 22.0 Å². The van der Waals surface area contributed by atoms with Gasteiger partial charge in [0.15, 0.2) is 17.6 Å². The number of carbonyl (C=O) groups excluding carboxylic acids is 1. The molecule has 9 nitrogen and oxygen atoms in total. The van der Waals surface area contributed by atoms with Gasteiger partial charge in [-0.2, -0.15) is 15.0 Å². The van der Waals surface area contributed by atoms with Crippen molar-refractivity contribution in [2.75, 3.05) is 16.8 Å². The maximum absolute atomic E-state index is 13.0. The van der Waals surface area contributed by atoms with E-state index in [0.717, 1.165) is 11.4 Å². The van der Waals surface area contributed by atoms with Crippen molar-refractivity contribution in [3.8, 4) is 0 Å².